The normalized spacial score (nSPS) is 10.9. The van der Waals surface area contributed by atoms with Gasteiger partial charge in [-0.3, -0.25) is 10.1 Å². The molecule has 0 radical (unpaired) electrons. The molecule has 4 nitrogen and oxygen atoms in total. The SMILES string of the molecule is CCC(CC)c1nnc(NC(=O)c2ccc(Cl)cc2F)s1. The van der Waals surface area contributed by atoms with Gasteiger partial charge < -0.3 is 0 Å². The Morgan fingerprint density at radius 3 is 2.71 bits per heavy atom. The second kappa shape index (κ2) is 6.95. The number of benzene rings is 1. The molecular formula is C14H15ClFN3OS. The van der Waals surface area contributed by atoms with Crippen LogP contribution < -0.4 is 5.32 Å². The van der Waals surface area contributed by atoms with Gasteiger partial charge in [0, 0.05) is 10.9 Å². The molecular weight excluding hydrogens is 313 g/mol. The zero-order valence-corrected chi connectivity index (χ0v) is 13.3. The maximum atomic E-state index is 13.7. The summed E-state index contributed by atoms with van der Waals surface area (Å²) >= 11 is 6.98. The maximum Gasteiger partial charge on any atom is 0.260 e. The quantitative estimate of drug-likeness (QED) is 0.880. The first kappa shape index (κ1) is 15.9. The molecule has 0 aliphatic heterocycles. The highest BCUT2D eigenvalue weighted by Crippen LogP contribution is 2.28. The van der Waals surface area contributed by atoms with E-state index >= 15 is 0 Å². The Morgan fingerprint density at radius 2 is 2.10 bits per heavy atom. The van der Waals surface area contributed by atoms with Crippen LogP contribution in [0.5, 0.6) is 0 Å². The van der Waals surface area contributed by atoms with Gasteiger partial charge in [-0.2, -0.15) is 0 Å². The maximum absolute atomic E-state index is 13.7. The van der Waals surface area contributed by atoms with Crippen molar-refractivity contribution in [3.8, 4) is 0 Å². The molecule has 1 aromatic carbocycles. The van der Waals surface area contributed by atoms with Crippen LogP contribution in [0, 0.1) is 5.82 Å². The van der Waals surface area contributed by atoms with E-state index in [-0.39, 0.29) is 10.6 Å². The number of carbonyl (C=O) groups excluding carboxylic acids is 1. The number of nitrogens with one attached hydrogen (secondary N) is 1. The minimum atomic E-state index is -0.662. The number of hydrogen-bond acceptors (Lipinski definition) is 4. The lowest BCUT2D eigenvalue weighted by Gasteiger charge is -2.06. The smallest absolute Gasteiger partial charge is 0.260 e. The fourth-order valence-corrected chi connectivity index (χ4v) is 3.09. The number of rotatable bonds is 5. The largest absolute Gasteiger partial charge is 0.296 e. The van der Waals surface area contributed by atoms with Gasteiger partial charge >= 0.3 is 0 Å². The van der Waals surface area contributed by atoms with Gasteiger partial charge in [0.25, 0.3) is 5.91 Å². The van der Waals surface area contributed by atoms with Crippen molar-refractivity contribution in [2.24, 2.45) is 0 Å². The van der Waals surface area contributed by atoms with Crippen molar-refractivity contribution in [1.82, 2.24) is 10.2 Å². The van der Waals surface area contributed by atoms with E-state index in [1.807, 2.05) is 0 Å². The standard InChI is InChI=1S/C14H15ClFN3OS/c1-3-8(4-2)13-18-19-14(21-13)17-12(20)10-6-5-9(15)7-11(10)16/h5-8H,3-4H2,1-2H3,(H,17,19,20). The second-order valence-corrected chi connectivity index (χ2v) is 5.98. The zero-order chi connectivity index (χ0) is 15.4. The number of aromatic nitrogens is 2. The number of carbonyl (C=O) groups is 1. The van der Waals surface area contributed by atoms with Gasteiger partial charge in [0.1, 0.15) is 10.8 Å². The van der Waals surface area contributed by atoms with Crippen LogP contribution in [0.2, 0.25) is 5.02 Å². The third kappa shape index (κ3) is 3.77. The van der Waals surface area contributed by atoms with Crippen LogP contribution in [0.4, 0.5) is 9.52 Å². The van der Waals surface area contributed by atoms with E-state index in [9.17, 15) is 9.18 Å². The molecule has 1 heterocycles. The van der Waals surface area contributed by atoms with Gasteiger partial charge in [-0.25, -0.2) is 4.39 Å². The Labute approximate surface area is 131 Å². The highest BCUT2D eigenvalue weighted by atomic mass is 35.5. The molecule has 2 aromatic rings. The third-order valence-electron chi connectivity index (χ3n) is 3.17. The highest BCUT2D eigenvalue weighted by Gasteiger charge is 2.17. The van der Waals surface area contributed by atoms with Gasteiger partial charge in [0.15, 0.2) is 0 Å². The van der Waals surface area contributed by atoms with E-state index in [4.69, 9.17) is 11.6 Å². The molecule has 0 bridgehead atoms. The van der Waals surface area contributed by atoms with Gasteiger partial charge in [0.2, 0.25) is 5.13 Å². The average Bonchev–Trinajstić information content (AvgIpc) is 2.88. The van der Waals surface area contributed by atoms with Crippen LogP contribution in [-0.2, 0) is 0 Å². The summed E-state index contributed by atoms with van der Waals surface area (Å²) in [7, 11) is 0. The molecule has 7 heteroatoms. The number of amides is 1. The van der Waals surface area contributed by atoms with Crippen molar-refractivity contribution in [1.29, 1.82) is 0 Å². The number of anilines is 1. The molecule has 1 N–H and O–H groups in total. The summed E-state index contributed by atoms with van der Waals surface area (Å²) in [5, 5.41) is 12.1. The van der Waals surface area contributed by atoms with Crippen LogP contribution in [0.25, 0.3) is 0 Å². The van der Waals surface area contributed by atoms with Crippen molar-refractivity contribution < 1.29 is 9.18 Å². The molecule has 0 aliphatic carbocycles. The first-order valence-corrected chi connectivity index (χ1v) is 7.84. The molecule has 2 rings (SSSR count). The lowest BCUT2D eigenvalue weighted by Crippen LogP contribution is -2.13. The van der Waals surface area contributed by atoms with Crippen LogP contribution in [0.1, 0.15) is 48.0 Å². The molecule has 1 aromatic heterocycles. The van der Waals surface area contributed by atoms with Crippen molar-refractivity contribution in [3.05, 3.63) is 39.6 Å². The summed E-state index contributed by atoms with van der Waals surface area (Å²) in [4.78, 5) is 12.0. The lowest BCUT2D eigenvalue weighted by atomic mass is 10.1. The summed E-state index contributed by atoms with van der Waals surface area (Å²) in [6.07, 6.45) is 1.93. The fourth-order valence-electron chi connectivity index (χ4n) is 1.93. The Hall–Kier alpha value is -1.53. The van der Waals surface area contributed by atoms with E-state index in [2.05, 4.69) is 29.4 Å². The van der Waals surface area contributed by atoms with Crippen LogP contribution in [-0.4, -0.2) is 16.1 Å². The summed E-state index contributed by atoms with van der Waals surface area (Å²) in [6.45, 7) is 4.16. The third-order valence-corrected chi connectivity index (χ3v) is 4.41. The number of halogens is 2. The molecule has 0 saturated heterocycles. The lowest BCUT2D eigenvalue weighted by molar-refractivity contribution is 0.102. The molecule has 0 aliphatic rings. The van der Waals surface area contributed by atoms with Crippen molar-refractivity contribution in [2.75, 3.05) is 5.32 Å². The van der Waals surface area contributed by atoms with Gasteiger partial charge in [-0.1, -0.05) is 36.8 Å². The van der Waals surface area contributed by atoms with Crippen LogP contribution >= 0.6 is 22.9 Å². The minimum Gasteiger partial charge on any atom is -0.296 e. The summed E-state index contributed by atoms with van der Waals surface area (Å²) in [6, 6.07) is 3.91. The van der Waals surface area contributed by atoms with E-state index < -0.39 is 11.7 Å². The molecule has 0 atom stereocenters. The molecule has 0 spiro atoms. The van der Waals surface area contributed by atoms with Crippen molar-refractivity contribution >= 4 is 34.0 Å². The van der Waals surface area contributed by atoms with Crippen molar-refractivity contribution in [2.45, 2.75) is 32.6 Å². The van der Waals surface area contributed by atoms with E-state index in [0.29, 0.717) is 11.0 Å². The Kier molecular flexibility index (Phi) is 5.25. The van der Waals surface area contributed by atoms with Gasteiger partial charge in [0.05, 0.1) is 5.56 Å². The number of hydrogen-bond donors (Lipinski definition) is 1. The van der Waals surface area contributed by atoms with Gasteiger partial charge in [-0.15, -0.1) is 10.2 Å². The fraction of sp³-hybridized carbons (Fsp3) is 0.357. The molecule has 0 saturated carbocycles. The first-order valence-electron chi connectivity index (χ1n) is 6.64. The Balaban J connectivity index is 2.13. The molecule has 0 unspecified atom stereocenters. The Morgan fingerprint density at radius 1 is 1.38 bits per heavy atom. The summed E-state index contributed by atoms with van der Waals surface area (Å²) < 4.78 is 13.7. The van der Waals surface area contributed by atoms with Crippen LogP contribution in [0.3, 0.4) is 0 Å². The number of nitrogens with zero attached hydrogens (tertiary/aromatic N) is 2. The molecule has 112 valence electrons. The predicted octanol–water partition coefficient (Wildman–Crippen LogP) is 4.49. The van der Waals surface area contributed by atoms with E-state index in [1.54, 1.807) is 0 Å². The molecule has 0 fully saturated rings. The minimum absolute atomic E-state index is 0.0707. The Bertz CT molecular complexity index is 643. The van der Waals surface area contributed by atoms with Crippen molar-refractivity contribution in [3.63, 3.8) is 0 Å². The van der Waals surface area contributed by atoms with E-state index in [1.165, 1.54) is 23.5 Å². The molecule has 21 heavy (non-hydrogen) atoms. The second-order valence-electron chi connectivity index (χ2n) is 4.54. The topological polar surface area (TPSA) is 54.9 Å². The summed E-state index contributed by atoms with van der Waals surface area (Å²) in [5.41, 5.74) is -0.0707. The summed E-state index contributed by atoms with van der Waals surface area (Å²) in [5.74, 6) is -0.887. The molecule has 1 amide bonds. The zero-order valence-electron chi connectivity index (χ0n) is 11.7. The monoisotopic (exact) mass is 327 g/mol. The van der Waals surface area contributed by atoms with Gasteiger partial charge in [-0.05, 0) is 31.0 Å². The first-order chi connectivity index (χ1) is 10.0. The predicted molar refractivity (Wildman–Crippen MR) is 82.6 cm³/mol. The average molecular weight is 328 g/mol. The highest BCUT2D eigenvalue weighted by molar-refractivity contribution is 7.15. The van der Waals surface area contributed by atoms with E-state index in [0.717, 1.165) is 23.9 Å². The van der Waals surface area contributed by atoms with Crippen LogP contribution in [0.15, 0.2) is 18.2 Å².